The summed E-state index contributed by atoms with van der Waals surface area (Å²) >= 11 is 0. The van der Waals surface area contributed by atoms with Gasteiger partial charge in [0, 0.05) is 24.8 Å². The number of nitrogens with one attached hydrogen (secondary N) is 1. The first-order valence-electron chi connectivity index (χ1n) is 7.05. The monoisotopic (exact) mass is 263 g/mol. The minimum Gasteiger partial charge on any atom is -0.496 e. The molecule has 0 saturated heterocycles. The van der Waals surface area contributed by atoms with Gasteiger partial charge in [-0.2, -0.15) is 0 Å². The molecular formula is C16H25NO2. The second-order valence-electron chi connectivity index (χ2n) is 5.67. The van der Waals surface area contributed by atoms with Crippen LogP contribution >= 0.6 is 0 Å². The molecule has 106 valence electrons. The summed E-state index contributed by atoms with van der Waals surface area (Å²) in [4.78, 5) is 0. The Morgan fingerprint density at radius 1 is 1.32 bits per heavy atom. The van der Waals surface area contributed by atoms with E-state index in [4.69, 9.17) is 9.47 Å². The lowest BCUT2D eigenvalue weighted by molar-refractivity contribution is 0.181. The molecule has 1 aromatic rings. The van der Waals surface area contributed by atoms with Crippen molar-refractivity contribution in [3.05, 3.63) is 29.3 Å². The van der Waals surface area contributed by atoms with Crippen LogP contribution in [-0.4, -0.2) is 20.3 Å². The Morgan fingerprint density at radius 2 is 2.05 bits per heavy atom. The van der Waals surface area contributed by atoms with Crippen molar-refractivity contribution in [1.82, 2.24) is 5.32 Å². The number of hydrogen-bond acceptors (Lipinski definition) is 3. The Bertz CT molecular complexity index is 413. The number of benzene rings is 1. The van der Waals surface area contributed by atoms with E-state index in [1.165, 1.54) is 18.4 Å². The van der Waals surface area contributed by atoms with Crippen LogP contribution in [0.2, 0.25) is 0 Å². The van der Waals surface area contributed by atoms with Crippen LogP contribution in [0, 0.1) is 5.92 Å². The third-order valence-corrected chi connectivity index (χ3v) is 3.96. The Kier molecular flexibility index (Phi) is 4.83. The van der Waals surface area contributed by atoms with Gasteiger partial charge in [-0.15, -0.1) is 0 Å². The molecule has 19 heavy (non-hydrogen) atoms. The zero-order valence-corrected chi connectivity index (χ0v) is 12.4. The van der Waals surface area contributed by atoms with E-state index >= 15 is 0 Å². The summed E-state index contributed by atoms with van der Waals surface area (Å²) in [6.45, 7) is 5.12. The predicted molar refractivity (Wildman–Crippen MR) is 77.4 cm³/mol. The van der Waals surface area contributed by atoms with Gasteiger partial charge in [0.1, 0.15) is 5.75 Å². The van der Waals surface area contributed by atoms with Gasteiger partial charge < -0.3 is 14.8 Å². The highest BCUT2D eigenvalue weighted by Gasteiger charge is 2.26. The maximum Gasteiger partial charge on any atom is 0.124 e. The van der Waals surface area contributed by atoms with E-state index in [9.17, 15) is 0 Å². The van der Waals surface area contributed by atoms with E-state index < -0.39 is 0 Å². The fraction of sp³-hybridized carbons (Fsp3) is 0.625. The van der Waals surface area contributed by atoms with Gasteiger partial charge in [-0.3, -0.25) is 0 Å². The number of ether oxygens (including phenoxy) is 2. The Labute approximate surface area is 116 Å². The van der Waals surface area contributed by atoms with Gasteiger partial charge in [0.05, 0.1) is 13.7 Å². The van der Waals surface area contributed by atoms with Crippen LogP contribution in [0.3, 0.4) is 0 Å². The molecule has 1 unspecified atom stereocenters. The van der Waals surface area contributed by atoms with Crippen LogP contribution in [0.25, 0.3) is 0 Å². The molecule has 3 heteroatoms. The van der Waals surface area contributed by atoms with Crippen molar-refractivity contribution in [2.24, 2.45) is 5.92 Å². The zero-order chi connectivity index (χ0) is 13.8. The van der Waals surface area contributed by atoms with E-state index in [2.05, 4.69) is 31.3 Å². The lowest BCUT2D eigenvalue weighted by atomic mass is 9.81. The Hall–Kier alpha value is -1.06. The van der Waals surface area contributed by atoms with Gasteiger partial charge in [-0.1, -0.05) is 13.0 Å². The van der Waals surface area contributed by atoms with Crippen LogP contribution in [0.5, 0.6) is 5.75 Å². The highest BCUT2D eigenvalue weighted by Crippen LogP contribution is 2.30. The molecule has 1 aromatic carbocycles. The summed E-state index contributed by atoms with van der Waals surface area (Å²) in [5.41, 5.74) is 2.41. The summed E-state index contributed by atoms with van der Waals surface area (Å²) in [6, 6.07) is 7.41. The molecule has 0 spiro atoms. The summed E-state index contributed by atoms with van der Waals surface area (Å²) in [6.07, 6.45) is 2.59. The van der Waals surface area contributed by atoms with E-state index in [-0.39, 0.29) is 0 Å². The van der Waals surface area contributed by atoms with Gasteiger partial charge in [-0.05, 0) is 43.4 Å². The van der Waals surface area contributed by atoms with Crippen LogP contribution in [0.15, 0.2) is 18.2 Å². The van der Waals surface area contributed by atoms with E-state index in [0.717, 1.165) is 17.2 Å². The first kappa shape index (κ1) is 14.4. The van der Waals surface area contributed by atoms with Crippen molar-refractivity contribution in [3.63, 3.8) is 0 Å². The molecule has 1 fully saturated rings. The first-order chi connectivity index (χ1) is 9.13. The van der Waals surface area contributed by atoms with Crippen molar-refractivity contribution in [1.29, 1.82) is 0 Å². The average Bonchev–Trinajstić information content (AvgIpc) is 2.37. The number of rotatable bonds is 6. The summed E-state index contributed by atoms with van der Waals surface area (Å²) in [7, 11) is 3.41. The third-order valence-electron chi connectivity index (χ3n) is 3.96. The van der Waals surface area contributed by atoms with Gasteiger partial charge in [0.25, 0.3) is 0 Å². The van der Waals surface area contributed by atoms with Crippen LogP contribution < -0.4 is 10.1 Å². The first-order valence-corrected chi connectivity index (χ1v) is 7.05. The molecule has 0 amide bonds. The molecule has 0 aromatic heterocycles. The normalized spacial score (nSPS) is 23.8. The van der Waals surface area contributed by atoms with Gasteiger partial charge in [0.15, 0.2) is 0 Å². The van der Waals surface area contributed by atoms with Gasteiger partial charge in [-0.25, -0.2) is 0 Å². The second-order valence-corrected chi connectivity index (χ2v) is 5.67. The smallest absolute Gasteiger partial charge is 0.124 e. The summed E-state index contributed by atoms with van der Waals surface area (Å²) in [5, 5.41) is 3.69. The maximum absolute atomic E-state index is 5.36. The maximum atomic E-state index is 5.36. The lowest BCUT2D eigenvalue weighted by Crippen LogP contribution is -2.41. The lowest BCUT2D eigenvalue weighted by Gasteiger charge is -2.36. The van der Waals surface area contributed by atoms with Crippen molar-refractivity contribution in [3.8, 4) is 5.75 Å². The predicted octanol–water partition coefficient (Wildman–Crippen LogP) is 3.29. The van der Waals surface area contributed by atoms with Crippen LogP contribution in [-0.2, 0) is 11.3 Å². The molecule has 1 aliphatic rings. The molecule has 1 N–H and O–H groups in total. The summed E-state index contributed by atoms with van der Waals surface area (Å²) < 4.78 is 10.6. The third kappa shape index (κ3) is 3.48. The van der Waals surface area contributed by atoms with Crippen LogP contribution in [0.4, 0.5) is 0 Å². The number of methoxy groups -OCH3 is 2. The second kappa shape index (κ2) is 6.40. The molecule has 1 atom stereocenters. The standard InChI is InChI=1S/C16H25NO2/c1-11-7-15(8-11)17-12(2)13-5-6-16(19-4)14(9-13)10-18-3/h5-6,9,11-12,15,17H,7-8,10H2,1-4H3. The molecule has 1 aliphatic carbocycles. The van der Waals surface area contributed by atoms with E-state index in [1.807, 2.05) is 6.07 Å². The largest absolute Gasteiger partial charge is 0.496 e. The Balaban J connectivity index is 2.04. The molecular weight excluding hydrogens is 238 g/mol. The van der Waals surface area contributed by atoms with Crippen molar-refractivity contribution < 1.29 is 9.47 Å². The minimum absolute atomic E-state index is 0.374. The topological polar surface area (TPSA) is 30.5 Å². The molecule has 3 nitrogen and oxygen atoms in total. The number of hydrogen-bond donors (Lipinski definition) is 1. The Morgan fingerprint density at radius 3 is 2.63 bits per heavy atom. The molecule has 0 aliphatic heterocycles. The minimum atomic E-state index is 0.374. The van der Waals surface area contributed by atoms with Crippen molar-refractivity contribution in [2.45, 2.75) is 45.4 Å². The fourth-order valence-corrected chi connectivity index (χ4v) is 2.82. The van der Waals surface area contributed by atoms with Gasteiger partial charge >= 0.3 is 0 Å². The SMILES string of the molecule is COCc1cc(C(C)NC2CC(C)C2)ccc1OC. The van der Waals surface area contributed by atoms with Crippen LogP contribution in [0.1, 0.15) is 43.9 Å². The fourth-order valence-electron chi connectivity index (χ4n) is 2.82. The quantitative estimate of drug-likeness (QED) is 0.854. The van der Waals surface area contributed by atoms with Crippen molar-refractivity contribution >= 4 is 0 Å². The van der Waals surface area contributed by atoms with Gasteiger partial charge in [0.2, 0.25) is 0 Å². The molecule has 1 saturated carbocycles. The molecule has 0 radical (unpaired) electrons. The van der Waals surface area contributed by atoms with E-state index in [1.54, 1.807) is 14.2 Å². The average molecular weight is 263 g/mol. The van der Waals surface area contributed by atoms with Crippen molar-refractivity contribution in [2.75, 3.05) is 14.2 Å². The molecule has 0 heterocycles. The van der Waals surface area contributed by atoms with E-state index in [0.29, 0.717) is 18.7 Å². The highest BCUT2D eigenvalue weighted by atomic mass is 16.5. The highest BCUT2D eigenvalue weighted by molar-refractivity contribution is 5.38. The zero-order valence-electron chi connectivity index (χ0n) is 12.4. The summed E-state index contributed by atoms with van der Waals surface area (Å²) in [5.74, 6) is 1.78. The molecule has 2 rings (SSSR count). The molecule has 0 bridgehead atoms.